The van der Waals surface area contributed by atoms with Crippen LogP contribution in [0, 0.1) is 0 Å². The molecule has 0 unspecified atom stereocenters. The standard InChI is InChI=1S/C19H19N3O2S/c23-18(16-10-5-11-25-16)20-15-9-4-8-14(12-15)17-21-19(24-22-17)13-6-2-1-3-7-13/h4-5,8-13H,1-3,6-7H2,(H,20,23). The van der Waals surface area contributed by atoms with E-state index in [2.05, 4.69) is 15.5 Å². The first kappa shape index (κ1) is 16.0. The summed E-state index contributed by atoms with van der Waals surface area (Å²) in [7, 11) is 0. The molecule has 1 N–H and O–H groups in total. The zero-order chi connectivity index (χ0) is 17.1. The second-order valence-electron chi connectivity index (χ2n) is 6.30. The Morgan fingerprint density at radius 3 is 2.84 bits per heavy atom. The van der Waals surface area contributed by atoms with Gasteiger partial charge >= 0.3 is 0 Å². The maximum Gasteiger partial charge on any atom is 0.265 e. The Kier molecular flexibility index (Phi) is 4.61. The van der Waals surface area contributed by atoms with E-state index in [9.17, 15) is 4.79 Å². The van der Waals surface area contributed by atoms with Gasteiger partial charge in [0.05, 0.1) is 4.88 Å². The van der Waals surface area contributed by atoms with Crippen molar-refractivity contribution in [1.29, 1.82) is 0 Å². The van der Waals surface area contributed by atoms with Crippen molar-refractivity contribution < 1.29 is 9.32 Å². The van der Waals surface area contributed by atoms with Gasteiger partial charge in [0.25, 0.3) is 5.91 Å². The average molecular weight is 353 g/mol. The van der Waals surface area contributed by atoms with Crippen molar-refractivity contribution in [1.82, 2.24) is 10.1 Å². The molecule has 1 amide bonds. The molecule has 3 aromatic rings. The minimum atomic E-state index is -0.108. The van der Waals surface area contributed by atoms with E-state index in [1.54, 1.807) is 6.07 Å². The Bertz CT molecular complexity index is 851. The van der Waals surface area contributed by atoms with E-state index in [4.69, 9.17) is 4.52 Å². The predicted molar refractivity (Wildman–Crippen MR) is 97.8 cm³/mol. The van der Waals surface area contributed by atoms with Crippen molar-refractivity contribution in [3.63, 3.8) is 0 Å². The SMILES string of the molecule is O=C(Nc1cccc(-c2noc(C3CCCCC3)n2)c1)c1cccs1. The van der Waals surface area contributed by atoms with Gasteiger partial charge in [-0.1, -0.05) is 42.6 Å². The van der Waals surface area contributed by atoms with Gasteiger partial charge in [-0.3, -0.25) is 4.79 Å². The first-order valence-corrected chi connectivity index (χ1v) is 9.46. The van der Waals surface area contributed by atoms with Crippen LogP contribution in [0.15, 0.2) is 46.3 Å². The zero-order valence-electron chi connectivity index (χ0n) is 13.8. The van der Waals surface area contributed by atoms with Gasteiger partial charge in [-0.2, -0.15) is 4.98 Å². The molecule has 1 fully saturated rings. The van der Waals surface area contributed by atoms with E-state index in [0.29, 0.717) is 16.6 Å². The lowest BCUT2D eigenvalue weighted by Crippen LogP contribution is -2.09. The quantitative estimate of drug-likeness (QED) is 0.708. The average Bonchev–Trinajstić information content (AvgIpc) is 3.35. The molecule has 1 aromatic carbocycles. The van der Waals surface area contributed by atoms with Crippen LogP contribution in [0.1, 0.15) is 53.6 Å². The fraction of sp³-hybridized carbons (Fsp3) is 0.316. The first-order valence-electron chi connectivity index (χ1n) is 8.58. The van der Waals surface area contributed by atoms with Crippen LogP contribution in [0.25, 0.3) is 11.4 Å². The van der Waals surface area contributed by atoms with Gasteiger partial charge in [-0.15, -0.1) is 11.3 Å². The molecular formula is C19H19N3O2S. The smallest absolute Gasteiger partial charge is 0.265 e. The lowest BCUT2D eigenvalue weighted by Gasteiger charge is -2.17. The van der Waals surface area contributed by atoms with Gasteiger partial charge in [0.1, 0.15) is 0 Å². The molecule has 0 bridgehead atoms. The van der Waals surface area contributed by atoms with Crippen LogP contribution in [-0.2, 0) is 0 Å². The molecule has 128 valence electrons. The number of hydrogen-bond donors (Lipinski definition) is 1. The highest BCUT2D eigenvalue weighted by atomic mass is 32.1. The van der Waals surface area contributed by atoms with Crippen LogP contribution >= 0.6 is 11.3 Å². The Balaban J connectivity index is 1.51. The van der Waals surface area contributed by atoms with E-state index in [1.807, 2.05) is 35.7 Å². The Hall–Kier alpha value is -2.47. The van der Waals surface area contributed by atoms with Crippen LogP contribution in [0.3, 0.4) is 0 Å². The van der Waals surface area contributed by atoms with Crippen molar-refractivity contribution in [2.45, 2.75) is 38.0 Å². The minimum Gasteiger partial charge on any atom is -0.339 e. The van der Waals surface area contributed by atoms with Crippen molar-refractivity contribution in [2.24, 2.45) is 0 Å². The number of carbonyl (C=O) groups is 1. The fourth-order valence-corrected chi connectivity index (χ4v) is 3.82. The van der Waals surface area contributed by atoms with E-state index in [1.165, 1.54) is 30.6 Å². The molecule has 1 saturated carbocycles. The van der Waals surface area contributed by atoms with Gasteiger partial charge < -0.3 is 9.84 Å². The number of benzene rings is 1. The molecule has 1 aliphatic carbocycles. The normalized spacial score (nSPS) is 15.2. The molecule has 4 rings (SSSR count). The molecule has 5 nitrogen and oxygen atoms in total. The maximum absolute atomic E-state index is 12.2. The summed E-state index contributed by atoms with van der Waals surface area (Å²) in [6.07, 6.45) is 6.00. The number of aromatic nitrogens is 2. The summed E-state index contributed by atoms with van der Waals surface area (Å²) in [5.74, 6) is 1.59. The molecule has 0 aliphatic heterocycles. The minimum absolute atomic E-state index is 0.108. The number of thiophene rings is 1. The van der Waals surface area contributed by atoms with Crippen molar-refractivity contribution in [3.8, 4) is 11.4 Å². The number of anilines is 1. The van der Waals surface area contributed by atoms with E-state index in [0.717, 1.165) is 30.0 Å². The number of rotatable bonds is 4. The molecule has 0 spiro atoms. The molecule has 6 heteroatoms. The Morgan fingerprint density at radius 1 is 1.16 bits per heavy atom. The summed E-state index contributed by atoms with van der Waals surface area (Å²) in [6.45, 7) is 0. The van der Waals surface area contributed by atoms with Crippen LogP contribution in [0.4, 0.5) is 5.69 Å². The summed E-state index contributed by atoms with van der Waals surface area (Å²) in [5, 5.41) is 8.93. The number of nitrogens with zero attached hydrogens (tertiary/aromatic N) is 2. The second kappa shape index (κ2) is 7.19. The van der Waals surface area contributed by atoms with Crippen molar-refractivity contribution in [2.75, 3.05) is 5.32 Å². The highest BCUT2D eigenvalue weighted by molar-refractivity contribution is 7.12. The molecule has 1 aliphatic rings. The van der Waals surface area contributed by atoms with Crippen molar-refractivity contribution in [3.05, 3.63) is 52.5 Å². The highest BCUT2D eigenvalue weighted by Gasteiger charge is 2.22. The van der Waals surface area contributed by atoms with Gasteiger partial charge in [-0.05, 0) is 36.4 Å². The van der Waals surface area contributed by atoms with E-state index >= 15 is 0 Å². The third-order valence-electron chi connectivity index (χ3n) is 4.52. The van der Waals surface area contributed by atoms with E-state index in [-0.39, 0.29) is 5.91 Å². The van der Waals surface area contributed by atoms with Gasteiger partial charge in [0.15, 0.2) is 0 Å². The molecular weight excluding hydrogens is 334 g/mol. The predicted octanol–water partition coefficient (Wildman–Crippen LogP) is 5.10. The van der Waals surface area contributed by atoms with Gasteiger partial charge in [0, 0.05) is 17.2 Å². The number of nitrogens with one attached hydrogen (secondary N) is 1. The fourth-order valence-electron chi connectivity index (χ4n) is 3.20. The third-order valence-corrected chi connectivity index (χ3v) is 5.39. The first-order chi connectivity index (χ1) is 12.3. The molecule has 2 heterocycles. The summed E-state index contributed by atoms with van der Waals surface area (Å²) >= 11 is 1.42. The molecule has 0 saturated heterocycles. The molecule has 2 aromatic heterocycles. The lowest BCUT2D eigenvalue weighted by molar-refractivity contribution is 0.103. The zero-order valence-corrected chi connectivity index (χ0v) is 14.6. The molecule has 0 atom stereocenters. The maximum atomic E-state index is 12.2. The Morgan fingerprint density at radius 2 is 2.04 bits per heavy atom. The number of hydrogen-bond acceptors (Lipinski definition) is 5. The number of carbonyl (C=O) groups excluding carboxylic acids is 1. The lowest BCUT2D eigenvalue weighted by atomic mass is 9.89. The molecule has 25 heavy (non-hydrogen) atoms. The van der Waals surface area contributed by atoms with Gasteiger partial charge in [-0.25, -0.2) is 0 Å². The van der Waals surface area contributed by atoms with Crippen LogP contribution in [0.5, 0.6) is 0 Å². The second-order valence-corrected chi connectivity index (χ2v) is 7.25. The van der Waals surface area contributed by atoms with Gasteiger partial charge in [0.2, 0.25) is 11.7 Å². The molecule has 0 radical (unpaired) electrons. The topological polar surface area (TPSA) is 68.0 Å². The number of amides is 1. The largest absolute Gasteiger partial charge is 0.339 e. The van der Waals surface area contributed by atoms with E-state index < -0.39 is 0 Å². The monoisotopic (exact) mass is 353 g/mol. The summed E-state index contributed by atoms with van der Waals surface area (Å²) < 4.78 is 5.49. The van der Waals surface area contributed by atoms with Crippen LogP contribution in [-0.4, -0.2) is 16.0 Å². The van der Waals surface area contributed by atoms with Crippen LogP contribution < -0.4 is 5.32 Å². The van der Waals surface area contributed by atoms with Crippen LogP contribution in [0.2, 0.25) is 0 Å². The highest BCUT2D eigenvalue weighted by Crippen LogP contribution is 2.32. The third kappa shape index (κ3) is 3.64. The summed E-state index contributed by atoms with van der Waals surface area (Å²) in [6, 6.07) is 11.2. The Labute approximate surface area is 150 Å². The summed E-state index contributed by atoms with van der Waals surface area (Å²) in [5.41, 5.74) is 1.56. The van der Waals surface area contributed by atoms with Crippen molar-refractivity contribution >= 4 is 22.9 Å². The summed E-state index contributed by atoms with van der Waals surface area (Å²) in [4.78, 5) is 17.5.